The summed E-state index contributed by atoms with van der Waals surface area (Å²) in [5.74, 6) is 0. The van der Waals surface area contributed by atoms with Crippen LogP contribution in [-0.2, 0) is 16.6 Å². The van der Waals surface area contributed by atoms with Gasteiger partial charge in [-0.3, -0.25) is 4.72 Å². The van der Waals surface area contributed by atoms with Crippen LogP contribution in [0.1, 0.15) is 11.1 Å². The van der Waals surface area contributed by atoms with Crippen LogP contribution in [-0.4, -0.2) is 13.5 Å². The standard InChI is InChI=1S/C14H13Cl2NO3S/c1-9-10(8-18)3-2-4-14(9)21(19,20)17-13-7-11(15)5-6-12(13)16/h2-7,17-18H,8H2,1H3. The van der Waals surface area contributed by atoms with Gasteiger partial charge >= 0.3 is 0 Å². The number of aliphatic hydroxyl groups excluding tert-OH is 1. The number of hydrogen-bond donors (Lipinski definition) is 2. The summed E-state index contributed by atoms with van der Waals surface area (Å²) in [5, 5.41) is 9.85. The molecule has 0 saturated carbocycles. The Kier molecular flexibility index (Phi) is 4.78. The summed E-state index contributed by atoms with van der Waals surface area (Å²) in [7, 11) is -3.82. The van der Waals surface area contributed by atoms with Crippen molar-refractivity contribution in [2.75, 3.05) is 4.72 Å². The molecule has 0 saturated heterocycles. The SMILES string of the molecule is Cc1c(CO)cccc1S(=O)(=O)Nc1cc(Cl)ccc1Cl. The molecule has 0 bridgehead atoms. The Balaban J connectivity index is 2.46. The van der Waals surface area contributed by atoms with E-state index in [1.54, 1.807) is 25.1 Å². The van der Waals surface area contributed by atoms with Crippen LogP contribution in [0.25, 0.3) is 0 Å². The first kappa shape index (κ1) is 16.1. The van der Waals surface area contributed by atoms with E-state index >= 15 is 0 Å². The zero-order valence-corrected chi connectivity index (χ0v) is 13.4. The molecule has 0 aliphatic rings. The first-order valence-corrected chi connectivity index (χ1v) is 8.26. The number of hydrogen-bond acceptors (Lipinski definition) is 3. The predicted octanol–water partition coefficient (Wildman–Crippen LogP) is 3.59. The van der Waals surface area contributed by atoms with Gasteiger partial charge in [-0.05, 0) is 42.3 Å². The van der Waals surface area contributed by atoms with Gasteiger partial charge in [0.25, 0.3) is 10.0 Å². The third kappa shape index (κ3) is 3.49. The fraction of sp³-hybridized carbons (Fsp3) is 0.143. The third-order valence-corrected chi connectivity index (χ3v) is 5.10. The van der Waals surface area contributed by atoms with Crippen molar-refractivity contribution in [2.24, 2.45) is 0 Å². The molecule has 112 valence electrons. The average Bonchev–Trinajstić information content (AvgIpc) is 2.42. The van der Waals surface area contributed by atoms with Gasteiger partial charge in [-0.2, -0.15) is 0 Å². The van der Waals surface area contributed by atoms with Gasteiger partial charge in [0.05, 0.1) is 22.2 Å². The van der Waals surface area contributed by atoms with Crippen molar-refractivity contribution in [2.45, 2.75) is 18.4 Å². The zero-order valence-electron chi connectivity index (χ0n) is 11.1. The number of aliphatic hydroxyl groups is 1. The molecular weight excluding hydrogens is 333 g/mol. The minimum atomic E-state index is -3.82. The third-order valence-electron chi connectivity index (χ3n) is 3.03. The molecule has 0 aromatic heterocycles. The van der Waals surface area contributed by atoms with Crippen LogP contribution in [0.3, 0.4) is 0 Å². The van der Waals surface area contributed by atoms with Crippen molar-refractivity contribution in [3.8, 4) is 0 Å². The smallest absolute Gasteiger partial charge is 0.262 e. The molecule has 0 aliphatic heterocycles. The van der Waals surface area contributed by atoms with Gasteiger partial charge in [-0.1, -0.05) is 35.3 Å². The quantitative estimate of drug-likeness (QED) is 0.889. The first-order chi connectivity index (χ1) is 9.85. The highest BCUT2D eigenvalue weighted by molar-refractivity contribution is 7.92. The number of anilines is 1. The number of halogens is 2. The lowest BCUT2D eigenvalue weighted by Gasteiger charge is -2.13. The number of benzene rings is 2. The summed E-state index contributed by atoms with van der Waals surface area (Å²) in [6.45, 7) is 1.41. The molecule has 0 spiro atoms. The second-order valence-electron chi connectivity index (χ2n) is 4.43. The van der Waals surface area contributed by atoms with Crippen molar-refractivity contribution >= 4 is 38.9 Å². The van der Waals surface area contributed by atoms with Crippen LogP contribution < -0.4 is 4.72 Å². The van der Waals surface area contributed by atoms with Crippen molar-refractivity contribution in [1.82, 2.24) is 0 Å². The Bertz CT molecular complexity index is 776. The molecule has 0 heterocycles. The van der Waals surface area contributed by atoms with E-state index in [2.05, 4.69) is 4.72 Å². The maximum Gasteiger partial charge on any atom is 0.262 e. The molecular formula is C14H13Cl2NO3S. The van der Waals surface area contributed by atoms with Crippen molar-refractivity contribution in [3.63, 3.8) is 0 Å². The first-order valence-electron chi connectivity index (χ1n) is 6.02. The Morgan fingerprint density at radius 3 is 2.57 bits per heavy atom. The van der Waals surface area contributed by atoms with Crippen LogP contribution >= 0.6 is 23.2 Å². The van der Waals surface area contributed by atoms with E-state index < -0.39 is 10.0 Å². The maximum atomic E-state index is 12.5. The van der Waals surface area contributed by atoms with E-state index in [1.165, 1.54) is 18.2 Å². The number of rotatable bonds is 4. The van der Waals surface area contributed by atoms with E-state index in [1.807, 2.05) is 0 Å². The highest BCUT2D eigenvalue weighted by Crippen LogP contribution is 2.29. The Morgan fingerprint density at radius 1 is 1.19 bits per heavy atom. The molecule has 2 rings (SSSR count). The van der Waals surface area contributed by atoms with Crippen LogP contribution in [0.2, 0.25) is 10.0 Å². The highest BCUT2D eigenvalue weighted by Gasteiger charge is 2.19. The monoisotopic (exact) mass is 345 g/mol. The Morgan fingerprint density at radius 2 is 1.90 bits per heavy atom. The molecule has 2 N–H and O–H groups in total. The molecule has 21 heavy (non-hydrogen) atoms. The molecule has 0 aliphatic carbocycles. The van der Waals surface area contributed by atoms with E-state index in [-0.39, 0.29) is 22.2 Å². The Labute approximate surface area is 133 Å². The molecule has 4 nitrogen and oxygen atoms in total. The van der Waals surface area contributed by atoms with Crippen LogP contribution in [0, 0.1) is 6.92 Å². The highest BCUT2D eigenvalue weighted by atomic mass is 35.5. The van der Waals surface area contributed by atoms with Gasteiger partial charge in [0.1, 0.15) is 0 Å². The fourth-order valence-corrected chi connectivity index (χ4v) is 3.65. The van der Waals surface area contributed by atoms with Crippen LogP contribution in [0.5, 0.6) is 0 Å². The van der Waals surface area contributed by atoms with Crippen molar-refractivity contribution < 1.29 is 13.5 Å². The van der Waals surface area contributed by atoms with Crippen LogP contribution in [0.15, 0.2) is 41.3 Å². The van der Waals surface area contributed by atoms with E-state index in [9.17, 15) is 13.5 Å². The lowest BCUT2D eigenvalue weighted by atomic mass is 10.1. The lowest BCUT2D eigenvalue weighted by molar-refractivity contribution is 0.280. The van der Waals surface area contributed by atoms with E-state index in [4.69, 9.17) is 23.2 Å². The van der Waals surface area contributed by atoms with Crippen molar-refractivity contribution in [1.29, 1.82) is 0 Å². The largest absolute Gasteiger partial charge is 0.392 e. The van der Waals surface area contributed by atoms with Crippen molar-refractivity contribution in [3.05, 3.63) is 57.6 Å². The molecule has 2 aromatic carbocycles. The second-order valence-corrected chi connectivity index (χ2v) is 6.92. The number of nitrogens with one attached hydrogen (secondary N) is 1. The molecule has 0 fully saturated rings. The normalized spacial score (nSPS) is 11.4. The summed E-state index contributed by atoms with van der Waals surface area (Å²) < 4.78 is 27.3. The van der Waals surface area contributed by atoms with E-state index in [0.29, 0.717) is 16.1 Å². The summed E-state index contributed by atoms with van der Waals surface area (Å²) in [6.07, 6.45) is 0. The molecule has 0 unspecified atom stereocenters. The minimum Gasteiger partial charge on any atom is -0.392 e. The van der Waals surface area contributed by atoms with Gasteiger partial charge in [-0.15, -0.1) is 0 Å². The van der Waals surface area contributed by atoms with Gasteiger partial charge < -0.3 is 5.11 Å². The van der Waals surface area contributed by atoms with Gasteiger partial charge in [0.2, 0.25) is 0 Å². The van der Waals surface area contributed by atoms with Gasteiger partial charge in [-0.25, -0.2) is 8.42 Å². The second kappa shape index (κ2) is 6.23. The summed E-state index contributed by atoms with van der Waals surface area (Å²) >= 11 is 11.8. The molecule has 0 radical (unpaired) electrons. The number of sulfonamides is 1. The summed E-state index contributed by atoms with van der Waals surface area (Å²) in [4.78, 5) is 0.0880. The minimum absolute atomic E-state index is 0.0880. The topological polar surface area (TPSA) is 66.4 Å². The Hall–Kier alpha value is -1.27. The average molecular weight is 346 g/mol. The lowest BCUT2D eigenvalue weighted by Crippen LogP contribution is -2.15. The molecule has 2 aromatic rings. The van der Waals surface area contributed by atoms with Gasteiger partial charge in [0, 0.05) is 5.02 Å². The molecule has 7 heteroatoms. The predicted molar refractivity (Wildman–Crippen MR) is 84.4 cm³/mol. The zero-order chi connectivity index (χ0) is 15.6. The summed E-state index contributed by atoms with van der Waals surface area (Å²) in [6, 6.07) is 9.23. The molecule has 0 amide bonds. The fourth-order valence-electron chi connectivity index (χ4n) is 1.90. The van der Waals surface area contributed by atoms with Crippen LogP contribution in [0.4, 0.5) is 5.69 Å². The molecule has 0 atom stereocenters. The summed E-state index contributed by atoms with van der Waals surface area (Å²) in [5.41, 5.74) is 1.25. The van der Waals surface area contributed by atoms with E-state index in [0.717, 1.165) is 0 Å². The van der Waals surface area contributed by atoms with Gasteiger partial charge in [0.15, 0.2) is 0 Å². The maximum absolute atomic E-state index is 12.5.